The molecule has 0 N–H and O–H groups in total. The van der Waals surface area contributed by atoms with E-state index in [9.17, 15) is 4.39 Å². The van der Waals surface area contributed by atoms with Gasteiger partial charge in [0.1, 0.15) is 11.9 Å². The molecule has 150 valence electrons. The number of rotatable bonds is 5. The largest absolute Gasteiger partial charge is 0.369 e. The first-order valence-corrected chi connectivity index (χ1v) is 9.63. The third kappa shape index (κ3) is 4.58. The van der Waals surface area contributed by atoms with Crippen molar-refractivity contribution in [2.75, 3.05) is 38.7 Å². The molecule has 1 atom stereocenters. The summed E-state index contributed by atoms with van der Waals surface area (Å²) in [6, 6.07) is 10.5. The second kappa shape index (κ2) is 8.63. The first-order chi connectivity index (χ1) is 14.1. The van der Waals surface area contributed by atoms with Gasteiger partial charge in [-0.2, -0.15) is 0 Å². The maximum Gasteiger partial charge on any atom is 0.224 e. The molecule has 0 bridgehead atoms. The van der Waals surface area contributed by atoms with Crippen LogP contribution >= 0.6 is 0 Å². The number of anilines is 1. The third-order valence-corrected chi connectivity index (χ3v) is 4.95. The van der Waals surface area contributed by atoms with Crippen LogP contribution in [-0.4, -0.2) is 53.6 Å². The predicted molar refractivity (Wildman–Crippen MR) is 110 cm³/mol. The van der Waals surface area contributed by atoms with E-state index in [4.69, 9.17) is 4.74 Å². The smallest absolute Gasteiger partial charge is 0.224 e. The van der Waals surface area contributed by atoms with E-state index in [0.29, 0.717) is 18.1 Å². The fraction of sp³-hybridized carbons (Fsp3) is 0.318. The summed E-state index contributed by atoms with van der Waals surface area (Å²) in [6.45, 7) is 2.99. The Morgan fingerprint density at radius 2 is 1.86 bits per heavy atom. The lowest BCUT2D eigenvalue weighted by atomic mass is 10.1. The molecule has 0 spiro atoms. The molecule has 6 nitrogen and oxygen atoms in total. The SMILES string of the molecule is CN(C)c1ncc(CN2CCO[C@@H](c3ccc(-c4ccccc4F)cn3)C2)cn1. The highest BCUT2D eigenvalue weighted by Gasteiger charge is 2.23. The van der Waals surface area contributed by atoms with Crippen molar-refractivity contribution < 1.29 is 9.13 Å². The summed E-state index contributed by atoms with van der Waals surface area (Å²) in [5, 5.41) is 0. The average Bonchev–Trinajstić information content (AvgIpc) is 2.75. The highest BCUT2D eigenvalue weighted by molar-refractivity contribution is 5.63. The van der Waals surface area contributed by atoms with Crippen molar-refractivity contribution in [2.24, 2.45) is 0 Å². The zero-order valence-corrected chi connectivity index (χ0v) is 16.6. The van der Waals surface area contributed by atoms with E-state index < -0.39 is 0 Å². The highest BCUT2D eigenvalue weighted by Crippen LogP contribution is 2.26. The molecule has 29 heavy (non-hydrogen) atoms. The summed E-state index contributed by atoms with van der Waals surface area (Å²) >= 11 is 0. The molecule has 1 aliphatic rings. The van der Waals surface area contributed by atoms with Crippen LogP contribution in [0.25, 0.3) is 11.1 Å². The van der Waals surface area contributed by atoms with Gasteiger partial charge in [0.25, 0.3) is 0 Å². The van der Waals surface area contributed by atoms with Crippen LogP contribution in [0, 0.1) is 5.82 Å². The maximum atomic E-state index is 14.0. The molecular formula is C22H24FN5O. The van der Waals surface area contributed by atoms with Crippen LogP contribution in [-0.2, 0) is 11.3 Å². The van der Waals surface area contributed by atoms with Gasteiger partial charge < -0.3 is 9.64 Å². The molecule has 2 aromatic heterocycles. The van der Waals surface area contributed by atoms with Crippen molar-refractivity contribution >= 4 is 5.95 Å². The monoisotopic (exact) mass is 393 g/mol. The van der Waals surface area contributed by atoms with Crippen molar-refractivity contribution in [1.29, 1.82) is 0 Å². The maximum absolute atomic E-state index is 14.0. The summed E-state index contributed by atoms with van der Waals surface area (Å²) in [4.78, 5) is 17.5. The van der Waals surface area contributed by atoms with E-state index in [1.807, 2.05) is 49.6 Å². The Morgan fingerprint density at radius 1 is 1.07 bits per heavy atom. The van der Waals surface area contributed by atoms with Gasteiger partial charge in [0.15, 0.2) is 0 Å². The minimum atomic E-state index is -0.246. The molecule has 0 unspecified atom stereocenters. The molecule has 0 aliphatic carbocycles. The Kier molecular flexibility index (Phi) is 5.78. The minimum absolute atomic E-state index is 0.111. The van der Waals surface area contributed by atoms with Gasteiger partial charge in [-0.1, -0.05) is 24.3 Å². The summed E-state index contributed by atoms with van der Waals surface area (Å²) in [7, 11) is 3.85. The number of pyridine rings is 1. The van der Waals surface area contributed by atoms with Gasteiger partial charge in [-0.25, -0.2) is 14.4 Å². The fourth-order valence-corrected chi connectivity index (χ4v) is 3.39. The van der Waals surface area contributed by atoms with Gasteiger partial charge >= 0.3 is 0 Å². The molecule has 3 aromatic rings. The van der Waals surface area contributed by atoms with E-state index in [1.165, 1.54) is 6.07 Å². The topological polar surface area (TPSA) is 54.4 Å². The normalized spacial score (nSPS) is 17.3. The summed E-state index contributed by atoms with van der Waals surface area (Å²) in [5.41, 5.74) is 3.24. The zero-order valence-electron chi connectivity index (χ0n) is 16.6. The Bertz CT molecular complexity index is 946. The van der Waals surface area contributed by atoms with E-state index >= 15 is 0 Å². The molecule has 4 rings (SSSR count). The summed E-state index contributed by atoms with van der Waals surface area (Å²) in [5.74, 6) is 0.456. The molecule has 3 heterocycles. The molecular weight excluding hydrogens is 369 g/mol. The first kappa shape index (κ1) is 19.4. The lowest BCUT2D eigenvalue weighted by molar-refractivity contribution is -0.0350. The van der Waals surface area contributed by atoms with Crippen LogP contribution in [0.2, 0.25) is 0 Å². The third-order valence-electron chi connectivity index (χ3n) is 4.95. The summed E-state index contributed by atoms with van der Waals surface area (Å²) in [6.07, 6.45) is 5.34. The van der Waals surface area contributed by atoms with E-state index in [2.05, 4.69) is 19.9 Å². The number of halogens is 1. The lowest BCUT2D eigenvalue weighted by Crippen LogP contribution is -2.38. The number of benzene rings is 1. The number of hydrogen-bond acceptors (Lipinski definition) is 6. The molecule has 0 saturated carbocycles. The van der Waals surface area contributed by atoms with Crippen LogP contribution in [0.1, 0.15) is 17.4 Å². The number of hydrogen-bond donors (Lipinski definition) is 0. The van der Waals surface area contributed by atoms with Crippen molar-refractivity contribution in [3.8, 4) is 11.1 Å². The zero-order chi connectivity index (χ0) is 20.2. The number of ether oxygens (including phenoxy) is 1. The molecule has 1 saturated heterocycles. The average molecular weight is 393 g/mol. The minimum Gasteiger partial charge on any atom is -0.369 e. The fourth-order valence-electron chi connectivity index (χ4n) is 3.39. The summed E-state index contributed by atoms with van der Waals surface area (Å²) < 4.78 is 19.9. The molecule has 1 aromatic carbocycles. The van der Waals surface area contributed by atoms with E-state index in [-0.39, 0.29) is 11.9 Å². The van der Waals surface area contributed by atoms with Gasteiger partial charge in [0, 0.05) is 69.0 Å². The molecule has 0 radical (unpaired) electrons. The van der Waals surface area contributed by atoms with Crippen molar-refractivity contribution in [1.82, 2.24) is 19.9 Å². The number of morpholine rings is 1. The van der Waals surface area contributed by atoms with Crippen molar-refractivity contribution in [2.45, 2.75) is 12.6 Å². The Labute approximate surface area is 170 Å². The van der Waals surface area contributed by atoms with Crippen LogP contribution in [0.5, 0.6) is 0 Å². The van der Waals surface area contributed by atoms with Gasteiger partial charge in [0.05, 0.1) is 12.3 Å². The molecule has 7 heteroatoms. The predicted octanol–water partition coefficient (Wildman–Crippen LogP) is 3.32. The Hall–Kier alpha value is -2.90. The van der Waals surface area contributed by atoms with Crippen LogP contribution in [0.4, 0.5) is 10.3 Å². The van der Waals surface area contributed by atoms with Crippen LogP contribution in [0.3, 0.4) is 0 Å². The van der Waals surface area contributed by atoms with E-state index in [0.717, 1.165) is 36.5 Å². The van der Waals surface area contributed by atoms with Gasteiger partial charge in [-0.05, 0) is 12.1 Å². The number of aromatic nitrogens is 3. The highest BCUT2D eigenvalue weighted by atomic mass is 19.1. The molecule has 0 amide bonds. The van der Waals surface area contributed by atoms with Gasteiger partial charge in [0.2, 0.25) is 5.95 Å². The first-order valence-electron chi connectivity index (χ1n) is 9.63. The van der Waals surface area contributed by atoms with Gasteiger partial charge in [-0.3, -0.25) is 9.88 Å². The van der Waals surface area contributed by atoms with Crippen LogP contribution < -0.4 is 4.90 Å². The second-order valence-electron chi connectivity index (χ2n) is 7.33. The van der Waals surface area contributed by atoms with Crippen LogP contribution in [0.15, 0.2) is 55.0 Å². The van der Waals surface area contributed by atoms with E-state index in [1.54, 1.807) is 18.3 Å². The quantitative estimate of drug-likeness (QED) is 0.663. The number of nitrogens with zero attached hydrogens (tertiary/aromatic N) is 5. The Balaban J connectivity index is 1.42. The lowest BCUT2D eigenvalue weighted by Gasteiger charge is -2.32. The molecule has 1 aliphatic heterocycles. The van der Waals surface area contributed by atoms with Gasteiger partial charge in [-0.15, -0.1) is 0 Å². The standard InChI is InChI=1S/C22H24FN5O/c1-27(2)22-25-11-16(12-26-22)14-28-9-10-29-21(15-28)20-8-7-17(13-24-20)18-5-3-4-6-19(18)23/h3-8,11-13,21H,9-10,14-15H2,1-2H3/t21-/m1/s1. The Morgan fingerprint density at radius 3 is 2.55 bits per heavy atom. The second-order valence-corrected chi connectivity index (χ2v) is 7.33. The van der Waals surface area contributed by atoms with Crippen molar-refractivity contribution in [3.63, 3.8) is 0 Å². The molecule has 1 fully saturated rings. The van der Waals surface area contributed by atoms with Crippen molar-refractivity contribution in [3.05, 3.63) is 72.1 Å².